The largest absolute Gasteiger partial charge is 0.441 e. The smallest absolute Gasteiger partial charge is 0.220 e. The molecular weight excluding hydrogens is 376 g/mol. The van der Waals surface area contributed by atoms with Crippen molar-refractivity contribution in [3.05, 3.63) is 41.9 Å². The first-order valence-electron chi connectivity index (χ1n) is 10.2. The number of nitrogens with zero attached hydrogens (tertiary/aromatic N) is 2. The first-order chi connectivity index (χ1) is 13.7. The summed E-state index contributed by atoms with van der Waals surface area (Å²) in [6.45, 7) is 9.28. The molecule has 1 N–H and O–H groups in total. The van der Waals surface area contributed by atoms with E-state index in [1.807, 2.05) is 0 Å². The molecule has 0 saturated carbocycles. The number of aromatic nitrogens is 1. The third kappa shape index (κ3) is 5.63. The predicted molar refractivity (Wildman–Crippen MR) is 107 cm³/mol. The number of nitrogens with one attached hydrogen (secondary N) is 1. The number of amides is 1. The van der Waals surface area contributed by atoms with E-state index in [0.29, 0.717) is 24.8 Å². The van der Waals surface area contributed by atoms with Gasteiger partial charge in [-0.15, -0.1) is 0 Å². The Hall–Kier alpha value is -2.28. The number of benzene rings is 1. The van der Waals surface area contributed by atoms with Crippen LogP contribution in [-0.2, 0) is 11.2 Å². The van der Waals surface area contributed by atoms with E-state index in [0.717, 1.165) is 19.2 Å². The molecule has 1 amide bonds. The predicted octanol–water partition coefficient (Wildman–Crippen LogP) is 4.18. The van der Waals surface area contributed by atoms with Crippen LogP contribution in [0.25, 0.3) is 11.3 Å². The Morgan fingerprint density at radius 3 is 2.90 bits per heavy atom. The number of halogens is 2. The second-order valence-corrected chi connectivity index (χ2v) is 8.52. The highest BCUT2D eigenvalue weighted by molar-refractivity contribution is 5.76. The summed E-state index contributed by atoms with van der Waals surface area (Å²) < 4.78 is 32.4. The van der Waals surface area contributed by atoms with Crippen LogP contribution in [0, 0.1) is 17.6 Å². The molecule has 1 aliphatic rings. The van der Waals surface area contributed by atoms with E-state index in [-0.39, 0.29) is 29.2 Å². The van der Waals surface area contributed by atoms with Gasteiger partial charge in [0.15, 0.2) is 11.7 Å². The molecule has 7 heteroatoms. The number of oxazole rings is 1. The normalized spacial score (nSPS) is 18.0. The number of hydrogen-bond donors (Lipinski definition) is 1. The topological polar surface area (TPSA) is 58.4 Å². The van der Waals surface area contributed by atoms with E-state index in [9.17, 15) is 13.6 Å². The summed E-state index contributed by atoms with van der Waals surface area (Å²) in [7, 11) is 0. The van der Waals surface area contributed by atoms with Crippen LogP contribution in [0.3, 0.4) is 0 Å². The van der Waals surface area contributed by atoms with Crippen LogP contribution in [0.4, 0.5) is 8.78 Å². The highest BCUT2D eigenvalue weighted by Crippen LogP contribution is 2.25. The van der Waals surface area contributed by atoms with Gasteiger partial charge in [0.25, 0.3) is 0 Å². The van der Waals surface area contributed by atoms with Crippen LogP contribution < -0.4 is 5.32 Å². The maximum Gasteiger partial charge on any atom is 0.220 e. The second kappa shape index (κ2) is 9.03. The van der Waals surface area contributed by atoms with Crippen LogP contribution in [0.15, 0.2) is 28.8 Å². The minimum atomic E-state index is -0.709. The van der Waals surface area contributed by atoms with E-state index in [2.05, 4.69) is 36.0 Å². The molecule has 0 spiro atoms. The van der Waals surface area contributed by atoms with Crippen molar-refractivity contribution < 1.29 is 18.0 Å². The first kappa shape index (κ1) is 21.4. The Kier molecular flexibility index (Phi) is 6.67. The van der Waals surface area contributed by atoms with Gasteiger partial charge in [0.2, 0.25) is 5.91 Å². The summed E-state index contributed by atoms with van der Waals surface area (Å²) in [5, 5.41) is 3.01. The summed E-state index contributed by atoms with van der Waals surface area (Å²) in [4.78, 5) is 18.8. The van der Waals surface area contributed by atoms with Gasteiger partial charge < -0.3 is 9.73 Å². The van der Waals surface area contributed by atoms with Crippen LogP contribution >= 0.6 is 0 Å². The molecule has 158 valence electrons. The van der Waals surface area contributed by atoms with Gasteiger partial charge in [-0.2, -0.15) is 0 Å². The molecule has 1 aromatic carbocycles. The van der Waals surface area contributed by atoms with Crippen molar-refractivity contribution >= 4 is 5.91 Å². The molecule has 1 aromatic heterocycles. The van der Waals surface area contributed by atoms with Gasteiger partial charge in [-0.25, -0.2) is 13.8 Å². The van der Waals surface area contributed by atoms with Gasteiger partial charge in [0.1, 0.15) is 11.6 Å². The molecule has 29 heavy (non-hydrogen) atoms. The van der Waals surface area contributed by atoms with Crippen molar-refractivity contribution in [2.24, 2.45) is 5.92 Å². The monoisotopic (exact) mass is 405 g/mol. The van der Waals surface area contributed by atoms with E-state index in [4.69, 9.17) is 4.42 Å². The van der Waals surface area contributed by atoms with Crippen LogP contribution in [0.5, 0.6) is 0 Å². The summed E-state index contributed by atoms with van der Waals surface area (Å²) in [5.74, 6) is -0.176. The highest BCUT2D eigenvalue weighted by Gasteiger charge is 2.30. The molecule has 3 rings (SSSR count). The molecule has 1 fully saturated rings. The van der Waals surface area contributed by atoms with Crippen molar-refractivity contribution in [2.75, 3.05) is 19.6 Å². The standard InChI is InChI=1S/C22H29F2N3O2/c1-15-5-4-10-27(13-15)22(2,3)14-26-20(28)8-9-21-25-12-19(29-21)17-7-6-16(23)11-18(17)24/h6-7,11-12,15H,4-5,8-10,13-14H2,1-3H3,(H,26,28). The van der Waals surface area contributed by atoms with Gasteiger partial charge in [-0.05, 0) is 51.3 Å². The van der Waals surface area contributed by atoms with Crippen molar-refractivity contribution in [1.29, 1.82) is 0 Å². The van der Waals surface area contributed by atoms with Crippen molar-refractivity contribution in [2.45, 2.75) is 52.0 Å². The van der Waals surface area contributed by atoms with E-state index in [1.54, 1.807) is 0 Å². The Balaban J connectivity index is 1.49. The minimum Gasteiger partial charge on any atom is -0.441 e. The number of likely N-dealkylation sites (tertiary alicyclic amines) is 1. The third-order valence-electron chi connectivity index (χ3n) is 5.55. The Morgan fingerprint density at radius 1 is 1.38 bits per heavy atom. The molecule has 2 heterocycles. The molecule has 1 unspecified atom stereocenters. The van der Waals surface area contributed by atoms with E-state index >= 15 is 0 Å². The Labute approximate surface area is 170 Å². The van der Waals surface area contributed by atoms with E-state index < -0.39 is 11.6 Å². The SMILES string of the molecule is CC1CCCN(C(C)(C)CNC(=O)CCc2ncc(-c3ccc(F)cc3F)o2)C1. The highest BCUT2D eigenvalue weighted by atomic mass is 19.1. The Bertz CT molecular complexity index is 850. The fourth-order valence-electron chi connectivity index (χ4n) is 3.71. The van der Waals surface area contributed by atoms with E-state index in [1.165, 1.54) is 31.2 Å². The van der Waals surface area contributed by atoms with Crippen LogP contribution in [-0.4, -0.2) is 41.0 Å². The molecule has 0 radical (unpaired) electrons. The third-order valence-corrected chi connectivity index (χ3v) is 5.55. The minimum absolute atomic E-state index is 0.0733. The number of rotatable bonds is 7. The summed E-state index contributed by atoms with van der Waals surface area (Å²) in [6, 6.07) is 3.28. The summed E-state index contributed by atoms with van der Waals surface area (Å²) in [6.07, 6.45) is 4.40. The average molecular weight is 405 g/mol. The molecule has 0 bridgehead atoms. The number of carbonyl (C=O) groups is 1. The lowest BCUT2D eigenvalue weighted by Gasteiger charge is -2.43. The number of hydrogen-bond acceptors (Lipinski definition) is 4. The molecule has 5 nitrogen and oxygen atoms in total. The average Bonchev–Trinajstić information content (AvgIpc) is 3.13. The number of piperidine rings is 1. The van der Waals surface area contributed by atoms with Gasteiger partial charge >= 0.3 is 0 Å². The fraction of sp³-hybridized carbons (Fsp3) is 0.545. The zero-order valence-corrected chi connectivity index (χ0v) is 17.3. The number of aryl methyl sites for hydroxylation is 1. The summed E-state index contributed by atoms with van der Waals surface area (Å²) >= 11 is 0. The lowest BCUT2D eigenvalue weighted by Crippen LogP contribution is -2.54. The lowest BCUT2D eigenvalue weighted by molar-refractivity contribution is -0.121. The number of carbonyl (C=O) groups excluding carboxylic acids is 1. The summed E-state index contributed by atoms with van der Waals surface area (Å²) in [5.41, 5.74) is 0.0488. The van der Waals surface area contributed by atoms with Crippen molar-refractivity contribution in [3.63, 3.8) is 0 Å². The van der Waals surface area contributed by atoms with Crippen molar-refractivity contribution in [1.82, 2.24) is 15.2 Å². The molecule has 1 saturated heterocycles. The molecule has 2 aromatic rings. The lowest BCUT2D eigenvalue weighted by atomic mass is 9.93. The van der Waals surface area contributed by atoms with Gasteiger partial charge in [0, 0.05) is 37.5 Å². The fourth-order valence-corrected chi connectivity index (χ4v) is 3.71. The van der Waals surface area contributed by atoms with Crippen LogP contribution in [0.2, 0.25) is 0 Å². The second-order valence-electron chi connectivity index (χ2n) is 8.52. The van der Waals surface area contributed by atoms with Crippen LogP contribution in [0.1, 0.15) is 45.9 Å². The molecular formula is C22H29F2N3O2. The zero-order valence-electron chi connectivity index (χ0n) is 17.3. The van der Waals surface area contributed by atoms with Gasteiger partial charge in [0.05, 0.1) is 11.8 Å². The molecule has 1 atom stereocenters. The first-order valence-corrected chi connectivity index (χ1v) is 10.2. The van der Waals surface area contributed by atoms with Gasteiger partial charge in [-0.1, -0.05) is 6.92 Å². The quantitative estimate of drug-likeness (QED) is 0.751. The zero-order chi connectivity index (χ0) is 21.0. The Morgan fingerprint density at radius 2 is 2.17 bits per heavy atom. The van der Waals surface area contributed by atoms with Crippen molar-refractivity contribution in [3.8, 4) is 11.3 Å². The molecule has 1 aliphatic heterocycles. The van der Waals surface area contributed by atoms with Gasteiger partial charge in [-0.3, -0.25) is 9.69 Å². The maximum atomic E-state index is 13.9. The maximum absolute atomic E-state index is 13.9. The molecule has 0 aliphatic carbocycles.